The number of anilines is 1. The van der Waals surface area contributed by atoms with Gasteiger partial charge in [-0.05, 0) is 24.6 Å². The number of fused-ring (bicyclic) bond motifs is 1. The Morgan fingerprint density at radius 1 is 1.24 bits per heavy atom. The predicted octanol–water partition coefficient (Wildman–Crippen LogP) is 4.20. The van der Waals surface area contributed by atoms with Crippen LogP contribution in [0.15, 0.2) is 74.2 Å². The second kappa shape index (κ2) is 6.78. The molecule has 2 heterocycles. The lowest BCUT2D eigenvalue weighted by Crippen LogP contribution is -2.19. The molecule has 4 aromatic rings. The van der Waals surface area contributed by atoms with E-state index in [1.54, 1.807) is 15.9 Å². The topological polar surface area (TPSA) is 61.3 Å². The lowest BCUT2D eigenvalue weighted by atomic mass is 10.1. The van der Waals surface area contributed by atoms with E-state index in [2.05, 4.69) is 9.71 Å². The van der Waals surface area contributed by atoms with E-state index in [0.29, 0.717) is 5.58 Å². The SMILES string of the molecule is CC(c1ccccc1)n1c(=O)oc2cc(SNc3[nH+]ccs3)ccc21. The van der Waals surface area contributed by atoms with Gasteiger partial charge in [-0.3, -0.25) is 4.57 Å². The second-order valence-corrected chi connectivity index (χ2v) is 7.35. The molecule has 0 spiro atoms. The molecular formula is C18H16N3O2S2+. The molecule has 0 fully saturated rings. The van der Waals surface area contributed by atoms with Crippen LogP contribution in [0.5, 0.6) is 0 Å². The fraction of sp³-hybridized carbons (Fsp3) is 0.111. The van der Waals surface area contributed by atoms with E-state index in [0.717, 1.165) is 21.1 Å². The van der Waals surface area contributed by atoms with Crippen molar-refractivity contribution in [3.63, 3.8) is 0 Å². The molecule has 1 atom stereocenters. The van der Waals surface area contributed by atoms with E-state index in [9.17, 15) is 4.79 Å². The van der Waals surface area contributed by atoms with E-state index in [4.69, 9.17) is 4.42 Å². The van der Waals surface area contributed by atoms with Crippen LogP contribution in [-0.2, 0) is 0 Å². The van der Waals surface area contributed by atoms with Gasteiger partial charge >= 0.3 is 10.9 Å². The fourth-order valence-electron chi connectivity index (χ4n) is 2.73. The van der Waals surface area contributed by atoms with Gasteiger partial charge in [0.25, 0.3) is 0 Å². The quantitative estimate of drug-likeness (QED) is 0.535. The summed E-state index contributed by atoms with van der Waals surface area (Å²) in [6, 6.07) is 15.7. The summed E-state index contributed by atoms with van der Waals surface area (Å²) in [5.41, 5.74) is 2.46. The highest BCUT2D eigenvalue weighted by Crippen LogP contribution is 2.27. The van der Waals surface area contributed by atoms with E-state index >= 15 is 0 Å². The van der Waals surface area contributed by atoms with E-state index in [1.165, 1.54) is 11.9 Å². The molecule has 126 valence electrons. The van der Waals surface area contributed by atoms with Crippen LogP contribution in [0.3, 0.4) is 0 Å². The Morgan fingerprint density at radius 3 is 2.84 bits per heavy atom. The molecule has 0 radical (unpaired) electrons. The number of H-pyrrole nitrogens is 1. The average Bonchev–Trinajstić information content (AvgIpc) is 3.26. The number of oxazole rings is 1. The van der Waals surface area contributed by atoms with Gasteiger partial charge in [-0.1, -0.05) is 41.7 Å². The van der Waals surface area contributed by atoms with Crippen molar-refractivity contribution >= 4 is 39.5 Å². The molecule has 2 aromatic heterocycles. The molecule has 2 N–H and O–H groups in total. The number of hydrogen-bond acceptors (Lipinski definition) is 5. The second-order valence-electron chi connectivity index (χ2n) is 5.55. The summed E-state index contributed by atoms with van der Waals surface area (Å²) in [5.74, 6) is -0.340. The molecule has 4 rings (SSSR count). The van der Waals surface area contributed by atoms with Crippen LogP contribution in [-0.4, -0.2) is 4.57 Å². The smallest absolute Gasteiger partial charge is 0.408 e. The molecule has 25 heavy (non-hydrogen) atoms. The van der Waals surface area contributed by atoms with E-state index in [1.807, 2.05) is 67.0 Å². The summed E-state index contributed by atoms with van der Waals surface area (Å²) in [6.07, 6.45) is 1.88. The van der Waals surface area contributed by atoms with E-state index in [-0.39, 0.29) is 11.8 Å². The summed E-state index contributed by atoms with van der Waals surface area (Å²) in [6.45, 7) is 2.00. The molecule has 0 bridgehead atoms. The van der Waals surface area contributed by atoms with Crippen molar-refractivity contribution in [2.75, 3.05) is 4.72 Å². The molecule has 2 aromatic carbocycles. The highest BCUT2D eigenvalue weighted by molar-refractivity contribution is 8.00. The molecule has 0 aliphatic rings. The minimum atomic E-state index is -0.340. The van der Waals surface area contributed by atoms with Crippen LogP contribution in [0.1, 0.15) is 18.5 Å². The van der Waals surface area contributed by atoms with Gasteiger partial charge in [-0.25, -0.2) is 9.78 Å². The number of benzene rings is 2. The highest BCUT2D eigenvalue weighted by Gasteiger charge is 2.17. The van der Waals surface area contributed by atoms with Crippen LogP contribution < -0.4 is 15.5 Å². The van der Waals surface area contributed by atoms with Gasteiger partial charge in [0, 0.05) is 11.4 Å². The van der Waals surface area contributed by atoms with Crippen LogP contribution in [0, 0.1) is 0 Å². The lowest BCUT2D eigenvalue weighted by Gasteiger charge is -2.12. The summed E-state index contributed by atoms with van der Waals surface area (Å²) >= 11 is 3.06. The van der Waals surface area contributed by atoms with Gasteiger partial charge < -0.3 is 4.42 Å². The fourth-order valence-corrected chi connectivity index (χ4v) is 4.03. The highest BCUT2D eigenvalue weighted by atomic mass is 32.2. The lowest BCUT2D eigenvalue weighted by molar-refractivity contribution is -0.353. The molecule has 7 heteroatoms. The van der Waals surface area contributed by atoms with Crippen molar-refractivity contribution < 1.29 is 9.40 Å². The van der Waals surface area contributed by atoms with Gasteiger partial charge in [0.2, 0.25) is 0 Å². The predicted molar refractivity (Wildman–Crippen MR) is 101 cm³/mol. The minimum Gasteiger partial charge on any atom is -0.408 e. The molecule has 0 amide bonds. The van der Waals surface area contributed by atoms with Gasteiger partial charge in [0.15, 0.2) is 5.58 Å². The first kappa shape index (κ1) is 16.0. The van der Waals surface area contributed by atoms with Crippen LogP contribution in [0.2, 0.25) is 0 Å². The zero-order chi connectivity index (χ0) is 17.2. The molecular weight excluding hydrogens is 354 g/mol. The zero-order valence-electron chi connectivity index (χ0n) is 13.4. The first-order chi connectivity index (χ1) is 12.2. The summed E-state index contributed by atoms with van der Waals surface area (Å²) in [4.78, 5) is 16.5. The summed E-state index contributed by atoms with van der Waals surface area (Å²) in [7, 11) is 0. The first-order valence-electron chi connectivity index (χ1n) is 7.80. The van der Waals surface area contributed by atoms with Gasteiger partial charge in [-0.15, -0.1) is 0 Å². The van der Waals surface area contributed by atoms with Crippen molar-refractivity contribution in [2.24, 2.45) is 0 Å². The van der Waals surface area contributed by atoms with Crippen molar-refractivity contribution in [1.29, 1.82) is 0 Å². The molecule has 0 saturated carbocycles. The van der Waals surface area contributed by atoms with Crippen molar-refractivity contribution in [3.8, 4) is 0 Å². The third-order valence-corrected chi connectivity index (χ3v) is 5.64. The van der Waals surface area contributed by atoms with Crippen molar-refractivity contribution in [1.82, 2.24) is 4.57 Å². The van der Waals surface area contributed by atoms with Gasteiger partial charge in [-0.2, -0.15) is 4.72 Å². The number of nitrogens with zero attached hydrogens (tertiary/aromatic N) is 1. The maximum atomic E-state index is 12.4. The van der Waals surface area contributed by atoms with Crippen molar-refractivity contribution in [2.45, 2.75) is 17.9 Å². The maximum Gasteiger partial charge on any atom is 0.420 e. The number of hydrogen-bond donors (Lipinski definition) is 1. The Labute approximate surface area is 152 Å². The Bertz CT molecular complexity index is 1040. The summed E-state index contributed by atoms with van der Waals surface area (Å²) in [5, 5.41) is 2.93. The third-order valence-electron chi connectivity index (χ3n) is 3.98. The Morgan fingerprint density at radius 2 is 2.08 bits per heavy atom. The van der Waals surface area contributed by atoms with Crippen LogP contribution >= 0.6 is 23.3 Å². The number of nitrogens with one attached hydrogen (secondary N) is 2. The molecule has 5 nitrogen and oxygen atoms in total. The number of aromatic nitrogens is 2. The van der Waals surface area contributed by atoms with Crippen molar-refractivity contribution in [3.05, 3.63) is 76.2 Å². The monoisotopic (exact) mass is 370 g/mol. The maximum absolute atomic E-state index is 12.4. The van der Waals surface area contributed by atoms with Gasteiger partial charge in [0.05, 0.1) is 34.6 Å². The first-order valence-corrected chi connectivity index (χ1v) is 9.50. The molecule has 0 aliphatic heterocycles. The Kier molecular flexibility index (Phi) is 4.33. The van der Waals surface area contributed by atoms with E-state index < -0.39 is 0 Å². The molecule has 0 saturated heterocycles. The minimum absolute atomic E-state index is 0.0905. The number of thiazole rings is 1. The molecule has 1 unspecified atom stereocenters. The largest absolute Gasteiger partial charge is 0.420 e. The summed E-state index contributed by atoms with van der Waals surface area (Å²) < 4.78 is 10.4. The zero-order valence-corrected chi connectivity index (χ0v) is 15.1. The Hall–Kier alpha value is -2.51. The third kappa shape index (κ3) is 3.20. The standard InChI is InChI=1S/C18H15N3O2S2/c1-12(13-5-3-2-4-6-13)21-15-8-7-14(11-16(15)23-18(21)22)25-20-17-19-9-10-24-17/h2-12H,1H3,(H,19,20)/p+1. The van der Waals surface area contributed by atoms with Crippen LogP contribution in [0.25, 0.3) is 11.1 Å². The number of rotatable bonds is 5. The van der Waals surface area contributed by atoms with Gasteiger partial charge in [0.1, 0.15) is 0 Å². The Balaban J connectivity index is 1.65. The number of aromatic amines is 1. The molecule has 0 aliphatic carbocycles. The average molecular weight is 370 g/mol. The van der Waals surface area contributed by atoms with Crippen LogP contribution in [0.4, 0.5) is 5.13 Å². The normalized spacial score (nSPS) is 12.4.